The van der Waals surface area contributed by atoms with Crippen LogP contribution in [0.4, 0.5) is 5.82 Å². The smallest absolute Gasteiger partial charge is 0.257 e. The molecule has 186 valence electrons. The van der Waals surface area contributed by atoms with Gasteiger partial charge >= 0.3 is 0 Å². The van der Waals surface area contributed by atoms with E-state index in [-0.39, 0.29) is 16.8 Å². The summed E-state index contributed by atoms with van der Waals surface area (Å²) in [6.45, 7) is 6.78. The number of benzene rings is 2. The number of anilines is 1. The van der Waals surface area contributed by atoms with E-state index in [1.54, 1.807) is 0 Å². The monoisotopic (exact) mass is 501 g/mol. The number of aromatic nitrogens is 2. The number of rotatable bonds is 7. The number of ether oxygens (including phenoxy) is 1. The molecule has 2 aliphatic rings. The summed E-state index contributed by atoms with van der Waals surface area (Å²) in [5.74, 6) is 1.77. The lowest BCUT2D eigenvalue weighted by Gasteiger charge is -2.38. The number of hydrogen-bond acceptors (Lipinski definition) is 6. The molecule has 7 heteroatoms. The van der Waals surface area contributed by atoms with Crippen molar-refractivity contribution in [3.05, 3.63) is 92.9 Å². The highest BCUT2D eigenvalue weighted by molar-refractivity contribution is 7.99. The summed E-state index contributed by atoms with van der Waals surface area (Å²) in [4.78, 5) is 34.5. The molecule has 0 saturated carbocycles. The van der Waals surface area contributed by atoms with E-state index in [1.165, 1.54) is 11.8 Å². The molecule has 1 aliphatic carbocycles. The third-order valence-corrected chi connectivity index (χ3v) is 7.68. The number of Topliss-reactive ketones (excluding diaryl/α,β-unsaturated/α-hetero) is 1. The standard InChI is InChI=1S/C29H31N3O3S/c1-4-14-36-28-31-26-25(27(34)32-28)23(24-21(30-26)15-29(2,3)16-22(24)33)19-10-12-20(13-11-19)35-17-18-8-6-5-7-9-18/h5-13,23H,4,14-17H2,1-3H3,(H2,30,31,32,34). The number of carbonyl (C=O) groups is 1. The summed E-state index contributed by atoms with van der Waals surface area (Å²) in [6.07, 6.45) is 2.17. The van der Waals surface area contributed by atoms with Crippen LogP contribution in [0.25, 0.3) is 0 Å². The Morgan fingerprint density at radius 2 is 1.81 bits per heavy atom. The Kier molecular flexibility index (Phi) is 6.75. The predicted octanol–water partition coefficient (Wildman–Crippen LogP) is 6.05. The molecule has 0 radical (unpaired) electrons. The molecule has 1 aliphatic heterocycles. The van der Waals surface area contributed by atoms with Gasteiger partial charge in [0, 0.05) is 29.4 Å². The van der Waals surface area contributed by atoms with E-state index in [4.69, 9.17) is 9.72 Å². The van der Waals surface area contributed by atoms with Crippen LogP contribution in [-0.4, -0.2) is 21.5 Å². The van der Waals surface area contributed by atoms with Gasteiger partial charge in [-0.25, -0.2) is 4.98 Å². The largest absolute Gasteiger partial charge is 0.489 e. The summed E-state index contributed by atoms with van der Waals surface area (Å²) in [7, 11) is 0. The molecule has 0 spiro atoms. The Morgan fingerprint density at radius 3 is 2.53 bits per heavy atom. The van der Waals surface area contributed by atoms with E-state index >= 15 is 0 Å². The van der Waals surface area contributed by atoms with Crippen LogP contribution in [0.5, 0.6) is 5.75 Å². The minimum absolute atomic E-state index is 0.0811. The molecule has 2 heterocycles. The SMILES string of the molecule is CCCSc1nc2c(c(=O)[nH]1)C(c1ccc(OCc3ccccc3)cc1)C1=C(CC(C)(C)CC1=O)N2. The molecule has 0 amide bonds. The van der Waals surface area contributed by atoms with Crippen molar-refractivity contribution in [2.75, 3.05) is 11.1 Å². The third-order valence-electron chi connectivity index (χ3n) is 6.60. The van der Waals surface area contributed by atoms with Gasteiger partial charge in [0.1, 0.15) is 18.2 Å². The fraction of sp³-hybridized carbons (Fsp3) is 0.345. The van der Waals surface area contributed by atoms with Crippen LogP contribution >= 0.6 is 11.8 Å². The first-order valence-electron chi connectivity index (χ1n) is 12.4. The number of H-pyrrole nitrogens is 1. The molecule has 0 bridgehead atoms. The molecular weight excluding hydrogens is 470 g/mol. The zero-order valence-electron chi connectivity index (χ0n) is 20.9. The molecule has 2 N–H and O–H groups in total. The Labute approximate surface area is 215 Å². The van der Waals surface area contributed by atoms with Gasteiger partial charge in [-0.1, -0.05) is 75.0 Å². The number of nitrogens with zero attached hydrogens (tertiary/aromatic N) is 1. The molecule has 1 unspecified atom stereocenters. The van der Waals surface area contributed by atoms with Gasteiger partial charge < -0.3 is 15.0 Å². The van der Waals surface area contributed by atoms with Gasteiger partial charge in [-0.15, -0.1) is 0 Å². The van der Waals surface area contributed by atoms with Crippen LogP contribution in [0, 0.1) is 5.41 Å². The van der Waals surface area contributed by atoms with Gasteiger partial charge in [-0.3, -0.25) is 9.59 Å². The fourth-order valence-corrected chi connectivity index (χ4v) is 5.71. The van der Waals surface area contributed by atoms with Gasteiger partial charge in [-0.05, 0) is 41.5 Å². The molecule has 0 saturated heterocycles. The second kappa shape index (κ2) is 9.97. The number of carbonyl (C=O) groups excluding carboxylic acids is 1. The zero-order chi connectivity index (χ0) is 25.3. The van der Waals surface area contributed by atoms with Crippen LogP contribution in [0.2, 0.25) is 0 Å². The van der Waals surface area contributed by atoms with Gasteiger partial charge in [0.25, 0.3) is 5.56 Å². The van der Waals surface area contributed by atoms with Crippen molar-refractivity contribution in [1.29, 1.82) is 0 Å². The van der Waals surface area contributed by atoms with Crippen molar-refractivity contribution < 1.29 is 9.53 Å². The molecule has 0 fully saturated rings. The second-order valence-corrected chi connectivity index (χ2v) is 11.3. The number of hydrogen-bond donors (Lipinski definition) is 2. The van der Waals surface area contributed by atoms with Gasteiger partial charge in [0.05, 0.1) is 5.56 Å². The molecule has 3 aromatic rings. The molecule has 2 aromatic carbocycles. The Hall–Kier alpha value is -3.32. The average molecular weight is 502 g/mol. The van der Waals surface area contributed by atoms with Crippen molar-refractivity contribution in [3.8, 4) is 5.75 Å². The first-order valence-corrected chi connectivity index (χ1v) is 13.4. The van der Waals surface area contributed by atoms with Crippen molar-refractivity contribution in [2.45, 2.75) is 57.7 Å². The van der Waals surface area contributed by atoms with E-state index in [9.17, 15) is 9.59 Å². The summed E-state index contributed by atoms with van der Waals surface area (Å²) >= 11 is 1.53. The summed E-state index contributed by atoms with van der Waals surface area (Å²) in [5.41, 5.74) is 3.68. The maximum atomic E-state index is 13.4. The van der Waals surface area contributed by atoms with Crippen LogP contribution in [0.1, 0.15) is 62.6 Å². The minimum atomic E-state index is -0.468. The lowest BCUT2D eigenvalue weighted by Crippen LogP contribution is -2.37. The number of allylic oxidation sites excluding steroid dienone is 2. The second-order valence-electron chi connectivity index (χ2n) is 10.2. The van der Waals surface area contributed by atoms with Gasteiger partial charge in [-0.2, -0.15) is 0 Å². The van der Waals surface area contributed by atoms with Crippen LogP contribution < -0.4 is 15.6 Å². The normalized spacial score (nSPS) is 18.3. The lowest BCUT2D eigenvalue weighted by molar-refractivity contribution is -0.118. The van der Waals surface area contributed by atoms with E-state index in [0.717, 1.165) is 41.2 Å². The van der Waals surface area contributed by atoms with Crippen molar-refractivity contribution in [3.63, 3.8) is 0 Å². The molecule has 5 rings (SSSR count). The maximum absolute atomic E-state index is 13.4. The topological polar surface area (TPSA) is 84.1 Å². The Morgan fingerprint density at radius 1 is 1.06 bits per heavy atom. The number of aromatic amines is 1. The minimum Gasteiger partial charge on any atom is -0.489 e. The number of fused-ring (bicyclic) bond motifs is 1. The first-order chi connectivity index (χ1) is 17.3. The van der Waals surface area contributed by atoms with Crippen LogP contribution in [-0.2, 0) is 11.4 Å². The zero-order valence-corrected chi connectivity index (χ0v) is 21.7. The average Bonchev–Trinajstić information content (AvgIpc) is 2.85. The predicted molar refractivity (Wildman–Crippen MR) is 144 cm³/mol. The Balaban J connectivity index is 1.52. The molecule has 1 atom stereocenters. The lowest BCUT2D eigenvalue weighted by atomic mass is 9.69. The summed E-state index contributed by atoms with van der Waals surface area (Å²) in [6, 6.07) is 17.7. The quantitative estimate of drug-likeness (QED) is 0.303. The number of nitrogens with one attached hydrogen (secondary N) is 2. The highest BCUT2D eigenvalue weighted by atomic mass is 32.2. The molecule has 1 aromatic heterocycles. The van der Waals surface area contributed by atoms with E-state index in [0.29, 0.717) is 35.1 Å². The summed E-state index contributed by atoms with van der Waals surface area (Å²) < 4.78 is 5.96. The Bertz CT molecular complexity index is 1360. The third kappa shape index (κ3) is 4.98. The van der Waals surface area contributed by atoms with Crippen LogP contribution in [0.3, 0.4) is 0 Å². The number of ketones is 1. The molecule has 6 nitrogen and oxygen atoms in total. The van der Waals surface area contributed by atoms with Crippen molar-refractivity contribution in [2.24, 2.45) is 5.41 Å². The fourth-order valence-electron chi connectivity index (χ4n) is 4.99. The van der Waals surface area contributed by atoms with Gasteiger partial charge in [0.15, 0.2) is 10.9 Å². The highest BCUT2D eigenvalue weighted by Gasteiger charge is 2.42. The highest BCUT2D eigenvalue weighted by Crippen LogP contribution is 2.47. The van der Waals surface area contributed by atoms with E-state index < -0.39 is 5.92 Å². The molecular formula is C29H31N3O3S. The maximum Gasteiger partial charge on any atom is 0.257 e. The summed E-state index contributed by atoms with van der Waals surface area (Å²) in [5, 5.41) is 3.98. The van der Waals surface area contributed by atoms with Crippen LogP contribution in [0.15, 0.2) is 75.8 Å². The first kappa shape index (κ1) is 24.4. The van der Waals surface area contributed by atoms with Crippen molar-refractivity contribution in [1.82, 2.24) is 9.97 Å². The molecule has 36 heavy (non-hydrogen) atoms. The number of thioether (sulfide) groups is 1. The van der Waals surface area contributed by atoms with Crippen molar-refractivity contribution >= 4 is 23.4 Å². The van der Waals surface area contributed by atoms with E-state index in [2.05, 4.69) is 31.1 Å². The van der Waals surface area contributed by atoms with E-state index in [1.807, 2.05) is 54.6 Å². The van der Waals surface area contributed by atoms with Gasteiger partial charge in [0.2, 0.25) is 0 Å².